The Balaban J connectivity index is 2.01. The van der Waals surface area contributed by atoms with E-state index in [4.69, 9.17) is 9.47 Å². The number of carbonyl (C=O) groups excluding carboxylic acids is 2. The first-order valence-corrected chi connectivity index (χ1v) is 13.2. The van der Waals surface area contributed by atoms with Gasteiger partial charge in [-0.1, -0.05) is 55.8 Å². The highest BCUT2D eigenvalue weighted by Crippen LogP contribution is 2.27. The summed E-state index contributed by atoms with van der Waals surface area (Å²) in [5, 5.41) is 0.292. The Bertz CT molecular complexity index is 1160. The van der Waals surface area contributed by atoms with Crippen LogP contribution in [0.25, 0.3) is 11.1 Å². The standard InChI is InChI=1S/C27H32N2O5S/c1-5-8-13-23-28-25(35(32)7-3)24(27(31)34-6-2)29(23)18-19-14-16-20(17-15-19)21-11-9-10-12-22(21)26(30)33-4/h9-12,14-17H,5-8,13,18H2,1-4H3. The summed E-state index contributed by atoms with van der Waals surface area (Å²) in [5.41, 5.74) is 3.36. The van der Waals surface area contributed by atoms with E-state index in [1.807, 2.05) is 41.0 Å². The molecule has 186 valence electrons. The number of nitrogens with zero attached hydrogens (tertiary/aromatic N) is 2. The Morgan fingerprint density at radius 3 is 2.37 bits per heavy atom. The van der Waals surface area contributed by atoms with E-state index >= 15 is 0 Å². The summed E-state index contributed by atoms with van der Waals surface area (Å²) in [6, 6.07) is 15.1. The van der Waals surface area contributed by atoms with Crippen LogP contribution in [0, 0.1) is 0 Å². The average molecular weight is 497 g/mol. The topological polar surface area (TPSA) is 93.5 Å². The molecule has 1 aromatic heterocycles. The zero-order valence-corrected chi connectivity index (χ0v) is 21.5. The lowest BCUT2D eigenvalue weighted by molar-refractivity contribution is 0.0508. The molecule has 0 bridgehead atoms. The smallest absolute Gasteiger partial charge is 0.362 e. The highest BCUT2D eigenvalue weighted by atomic mass is 32.2. The van der Waals surface area contributed by atoms with Crippen LogP contribution in [0.3, 0.4) is 0 Å². The molecule has 0 fully saturated rings. The normalized spacial score (nSPS) is 11.8. The largest absolute Gasteiger partial charge is 0.610 e. The molecule has 0 N–H and O–H groups in total. The van der Waals surface area contributed by atoms with Gasteiger partial charge in [-0.25, -0.2) is 9.59 Å². The summed E-state index contributed by atoms with van der Waals surface area (Å²) in [6.07, 6.45) is 2.55. The third-order valence-electron chi connectivity index (χ3n) is 5.65. The van der Waals surface area contributed by atoms with E-state index in [-0.39, 0.29) is 18.3 Å². The number of aryl methyl sites for hydroxylation is 1. The molecule has 8 heteroatoms. The van der Waals surface area contributed by atoms with Crippen molar-refractivity contribution in [2.75, 3.05) is 19.5 Å². The maximum Gasteiger partial charge on any atom is 0.362 e. The number of hydrogen-bond donors (Lipinski definition) is 0. The van der Waals surface area contributed by atoms with Crippen molar-refractivity contribution in [3.05, 3.63) is 71.2 Å². The monoisotopic (exact) mass is 496 g/mol. The predicted molar refractivity (Wildman–Crippen MR) is 136 cm³/mol. The molecule has 0 aliphatic carbocycles. The van der Waals surface area contributed by atoms with Crippen LogP contribution in [0.4, 0.5) is 0 Å². The molecule has 3 aromatic rings. The van der Waals surface area contributed by atoms with Gasteiger partial charge in [0, 0.05) is 24.1 Å². The third-order valence-corrected chi connectivity index (χ3v) is 6.89. The van der Waals surface area contributed by atoms with Crippen LogP contribution < -0.4 is 0 Å². The van der Waals surface area contributed by atoms with Gasteiger partial charge in [0.15, 0.2) is 0 Å². The summed E-state index contributed by atoms with van der Waals surface area (Å²) < 4.78 is 24.8. The van der Waals surface area contributed by atoms with Crippen molar-refractivity contribution in [1.29, 1.82) is 0 Å². The number of aromatic nitrogens is 2. The molecule has 1 atom stereocenters. The van der Waals surface area contributed by atoms with Gasteiger partial charge in [-0.05, 0) is 43.0 Å². The Morgan fingerprint density at radius 1 is 1.03 bits per heavy atom. The van der Waals surface area contributed by atoms with E-state index in [1.165, 1.54) is 7.11 Å². The summed E-state index contributed by atoms with van der Waals surface area (Å²) >= 11 is -1.39. The molecular weight excluding hydrogens is 464 g/mol. The lowest BCUT2D eigenvalue weighted by Gasteiger charge is -2.13. The van der Waals surface area contributed by atoms with Crippen LogP contribution in [0.2, 0.25) is 0 Å². The molecule has 0 saturated carbocycles. The van der Waals surface area contributed by atoms with Crippen LogP contribution in [0.1, 0.15) is 65.8 Å². The first-order valence-electron chi connectivity index (χ1n) is 11.9. The molecule has 0 amide bonds. The van der Waals surface area contributed by atoms with Crippen molar-refractivity contribution >= 4 is 23.1 Å². The maximum atomic E-state index is 12.9. The molecule has 1 heterocycles. The van der Waals surface area contributed by atoms with Gasteiger partial charge < -0.3 is 18.6 Å². The minimum atomic E-state index is -1.39. The van der Waals surface area contributed by atoms with Crippen molar-refractivity contribution in [2.45, 2.75) is 51.6 Å². The fourth-order valence-corrected chi connectivity index (χ4v) is 4.75. The van der Waals surface area contributed by atoms with Gasteiger partial charge in [-0.3, -0.25) is 0 Å². The number of carbonyl (C=O) groups is 2. The SMILES string of the molecule is CCCCc1nc([S+]([O-])CC)c(C(=O)OCC)n1Cc1ccc(-c2ccccc2C(=O)OC)cc1. The first kappa shape index (κ1) is 26.5. The zero-order chi connectivity index (χ0) is 25.4. The summed E-state index contributed by atoms with van der Waals surface area (Å²) in [4.78, 5) is 29.7. The molecule has 0 radical (unpaired) electrons. The van der Waals surface area contributed by atoms with Gasteiger partial charge in [-0.2, -0.15) is 4.98 Å². The van der Waals surface area contributed by atoms with Gasteiger partial charge in [0.05, 0.1) is 19.3 Å². The van der Waals surface area contributed by atoms with E-state index in [0.717, 1.165) is 35.4 Å². The van der Waals surface area contributed by atoms with E-state index in [0.29, 0.717) is 29.3 Å². The summed E-state index contributed by atoms with van der Waals surface area (Å²) in [6.45, 7) is 6.26. The predicted octanol–water partition coefficient (Wildman–Crippen LogP) is 5.03. The summed E-state index contributed by atoms with van der Waals surface area (Å²) in [5.74, 6) is 0.194. The molecule has 1 unspecified atom stereocenters. The van der Waals surface area contributed by atoms with E-state index in [1.54, 1.807) is 26.0 Å². The number of imidazole rings is 1. The molecular formula is C27H32N2O5S. The van der Waals surface area contributed by atoms with Crippen LogP contribution in [0.5, 0.6) is 0 Å². The number of hydrogen-bond acceptors (Lipinski definition) is 6. The Kier molecular flexibility index (Phi) is 9.51. The number of methoxy groups -OCH3 is 1. The molecule has 35 heavy (non-hydrogen) atoms. The number of unbranched alkanes of at least 4 members (excludes halogenated alkanes) is 1. The number of benzene rings is 2. The fraction of sp³-hybridized carbons (Fsp3) is 0.370. The minimum absolute atomic E-state index is 0.223. The van der Waals surface area contributed by atoms with Crippen LogP contribution in [0.15, 0.2) is 53.6 Å². The summed E-state index contributed by atoms with van der Waals surface area (Å²) in [7, 11) is 1.37. The zero-order valence-electron chi connectivity index (χ0n) is 20.7. The van der Waals surface area contributed by atoms with Crippen LogP contribution >= 0.6 is 0 Å². The molecule has 0 aliphatic rings. The second kappa shape index (κ2) is 12.6. The van der Waals surface area contributed by atoms with E-state index in [2.05, 4.69) is 11.9 Å². The van der Waals surface area contributed by atoms with Crippen molar-refractivity contribution in [2.24, 2.45) is 0 Å². The molecule has 7 nitrogen and oxygen atoms in total. The van der Waals surface area contributed by atoms with Gasteiger partial charge in [0.25, 0.3) is 5.03 Å². The van der Waals surface area contributed by atoms with Gasteiger partial charge in [-0.15, -0.1) is 0 Å². The molecule has 0 saturated heterocycles. The fourth-order valence-electron chi connectivity index (χ4n) is 3.86. The highest BCUT2D eigenvalue weighted by molar-refractivity contribution is 7.91. The molecule has 0 spiro atoms. The number of ether oxygens (including phenoxy) is 2. The number of esters is 2. The molecule has 2 aromatic carbocycles. The lowest BCUT2D eigenvalue weighted by Crippen LogP contribution is -2.18. The second-order valence-corrected chi connectivity index (χ2v) is 9.62. The third kappa shape index (κ3) is 6.13. The lowest BCUT2D eigenvalue weighted by atomic mass is 9.98. The Labute approximate surface area is 209 Å². The first-order chi connectivity index (χ1) is 16.9. The molecule has 0 aliphatic heterocycles. The molecule has 3 rings (SSSR count). The van der Waals surface area contributed by atoms with Crippen LogP contribution in [-0.4, -0.2) is 45.5 Å². The van der Waals surface area contributed by atoms with Gasteiger partial charge >= 0.3 is 11.9 Å². The Hall–Kier alpha value is -3.10. The van der Waals surface area contributed by atoms with Crippen molar-refractivity contribution in [3.8, 4) is 11.1 Å². The van der Waals surface area contributed by atoms with E-state index < -0.39 is 17.1 Å². The average Bonchev–Trinajstić information content (AvgIpc) is 3.25. The van der Waals surface area contributed by atoms with Gasteiger partial charge in [0.1, 0.15) is 11.6 Å². The van der Waals surface area contributed by atoms with Crippen molar-refractivity contribution in [1.82, 2.24) is 9.55 Å². The van der Waals surface area contributed by atoms with Crippen LogP contribution in [-0.2, 0) is 33.6 Å². The maximum absolute atomic E-state index is 12.9. The highest BCUT2D eigenvalue weighted by Gasteiger charge is 2.31. The second-order valence-electron chi connectivity index (χ2n) is 7.96. The van der Waals surface area contributed by atoms with E-state index in [9.17, 15) is 14.1 Å². The van der Waals surface area contributed by atoms with Crippen molar-refractivity contribution in [3.63, 3.8) is 0 Å². The van der Waals surface area contributed by atoms with Gasteiger partial charge in [0.2, 0.25) is 5.69 Å². The Morgan fingerprint density at radius 2 is 1.74 bits per heavy atom. The van der Waals surface area contributed by atoms with Crippen molar-refractivity contribution < 1.29 is 23.6 Å². The quantitative estimate of drug-likeness (QED) is 0.273. The minimum Gasteiger partial charge on any atom is -0.610 e. The number of rotatable bonds is 11.